The number of Topliss-reactive ketones (excluding diaryl/α,β-unsaturated/α-hetero) is 1. The zero-order valence-corrected chi connectivity index (χ0v) is 11.8. The molecule has 0 aliphatic heterocycles. The molecule has 1 aromatic carbocycles. The van der Waals surface area contributed by atoms with Gasteiger partial charge >= 0.3 is 6.09 Å². The van der Waals surface area contributed by atoms with Gasteiger partial charge in [-0.15, -0.1) is 0 Å². The fourth-order valence-electron chi connectivity index (χ4n) is 1.25. The molecule has 1 rings (SSSR count). The quantitative estimate of drug-likeness (QED) is 0.859. The van der Waals surface area contributed by atoms with Gasteiger partial charge in [-0.2, -0.15) is 0 Å². The Morgan fingerprint density at radius 2 is 2.00 bits per heavy atom. The van der Waals surface area contributed by atoms with Crippen LogP contribution in [0.5, 0.6) is 0 Å². The van der Waals surface area contributed by atoms with E-state index in [4.69, 9.17) is 11.6 Å². The van der Waals surface area contributed by atoms with E-state index in [9.17, 15) is 18.0 Å². The van der Waals surface area contributed by atoms with E-state index in [1.807, 2.05) is 0 Å². The van der Waals surface area contributed by atoms with Crippen LogP contribution in [0.2, 0.25) is 5.02 Å². The van der Waals surface area contributed by atoms with E-state index >= 15 is 0 Å². The minimum atomic E-state index is -4.18. The summed E-state index contributed by atoms with van der Waals surface area (Å²) in [6.45, 7) is 2.86. The number of halogens is 1. The van der Waals surface area contributed by atoms with Gasteiger partial charge in [-0.3, -0.25) is 4.79 Å². The van der Waals surface area contributed by atoms with Crippen LogP contribution < -0.4 is 4.72 Å². The molecule has 19 heavy (non-hydrogen) atoms. The molecular formula is C11H12ClNO5S. The molecule has 0 radical (unpaired) electrons. The number of nitrogens with one attached hydrogen (secondary N) is 1. The Kier molecular flexibility index (Phi) is 4.90. The molecule has 1 N–H and O–H groups in total. The van der Waals surface area contributed by atoms with Crippen molar-refractivity contribution in [3.8, 4) is 0 Å². The van der Waals surface area contributed by atoms with Crippen molar-refractivity contribution in [3.63, 3.8) is 0 Å². The molecule has 0 heterocycles. The lowest BCUT2D eigenvalue weighted by Gasteiger charge is -2.09. The lowest BCUT2D eigenvalue weighted by Crippen LogP contribution is -2.31. The fraction of sp³-hybridized carbons (Fsp3) is 0.273. The number of rotatable bonds is 4. The SMILES string of the molecule is CCOC(=O)NS(=O)(=O)c1cc(C(C)=O)ccc1Cl. The lowest BCUT2D eigenvalue weighted by atomic mass is 10.1. The number of amides is 1. The van der Waals surface area contributed by atoms with E-state index in [2.05, 4.69) is 4.74 Å². The summed E-state index contributed by atoms with van der Waals surface area (Å²) < 4.78 is 30.0. The van der Waals surface area contributed by atoms with Crippen molar-refractivity contribution in [2.24, 2.45) is 0 Å². The predicted octanol–water partition coefficient (Wildman–Crippen LogP) is 1.98. The van der Waals surface area contributed by atoms with E-state index in [0.717, 1.165) is 6.07 Å². The van der Waals surface area contributed by atoms with Crippen LogP contribution in [0.1, 0.15) is 24.2 Å². The minimum Gasteiger partial charge on any atom is -0.449 e. The molecule has 0 atom stereocenters. The first kappa shape index (κ1) is 15.5. The average molecular weight is 306 g/mol. The standard InChI is InChI=1S/C11H12ClNO5S/c1-3-18-11(15)13-19(16,17)10-6-8(7(2)14)4-5-9(10)12/h4-6H,3H2,1-2H3,(H,13,15). The Bertz CT molecular complexity index is 612. The van der Waals surface area contributed by atoms with Gasteiger partial charge < -0.3 is 4.74 Å². The van der Waals surface area contributed by atoms with Gasteiger partial charge in [-0.25, -0.2) is 17.9 Å². The Hall–Kier alpha value is -1.60. The van der Waals surface area contributed by atoms with Crippen molar-refractivity contribution in [2.75, 3.05) is 6.61 Å². The topological polar surface area (TPSA) is 89.5 Å². The molecule has 104 valence electrons. The van der Waals surface area contributed by atoms with Gasteiger partial charge in [0.15, 0.2) is 5.78 Å². The first-order valence-corrected chi connectivity index (χ1v) is 7.14. The number of hydrogen-bond donors (Lipinski definition) is 1. The Morgan fingerprint density at radius 3 is 2.53 bits per heavy atom. The van der Waals surface area contributed by atoms with Gasteiger partial charge in [0.1, 0.15) is 4.90 Å². The van der Waals surface area contributed by atoms with E-state index in [0.29, 0.717) is 0 Å². The molecule has 1 amide bonds. The summed E-state index contributed by atoms with van der Waals surface area (Å²) in [5.74, 6) is -0.316. The first-order valence-electron chi connectivity index (χ1n) is 5.28. The minimum absolute atomic E-state index is 0.0303. The number of sulfonamides is 1. The van der Waals surface area contributed by atoms with Crippen molar-refractivity contribution in [3.05, 3.63) is 28.8 Å². The molecule has 8 heteroatoms. The molecule has 0 spiro atoms. The third kappa shape index (κ3) is 3.93. The monoisotopic (exact) mass is 305 g/mol. The summed E-state index contributed by atoms with van der Waals surface area (Å²) in [7, 11) is -4.18. The van der Waals surface area contributed by atoms with Crippen molar-refractivity contribution in [1.82, 2.24) is 4.72 Å². The second kappa shape index (κ2) is 6.03. The van der Waals surface area contributed by atoms with Crippen LogP contribution >= 0.6 is 11.6 Å². The molecule has 0 saturated heterocycles. The van der Waals surface area contributed by atoms with Gasteiger partial charge in [0.25, 0.3) is 10.0 Å². The van der Waals surface area contributed by atoms with Crippen LogP contribution in [-0.4, -0.2) is 26.9 Å². The number of ether oxygens (including phenoxy) is 1. The highest BCUT2D eigenvalue weighted by Gasteiger charge is 2.22. The summed E-state index contributed by atoms with van der Waals surface area (Å²) in [6, 6.07) is 3.78. The molecule has 0 bridgehead atoms. The third-order valence-electron chi connectivity index (χ3n) is 2.12. The second-order valence-corrected chi connectivity index (χ2v) is 5.59. The van der Waals surface area contributed by atoms with Crippen molar-refractivity contribution in [2.45, 2.75) is 18.7 Å². The number of ketones is 1. The molecular weight excluding hydrogens is 294 g/mol. The van der Waals surface area contributed by atoms with E-state index in [-0.39, 0.29) is 27.9 Å². The molecule has 1 aromatic rings. The van der Waals surface area contributed by atoms with Crippen LogP contribution in [0.3, 0.4) is 0 Å². The van der Waals surface area contributed by atoms with Crippen molar-refractivity contribution in [1.29, 1.82) is 0 Å². The highest BCUT2D eigenvalue weighted by molar-refractivity contribution is 7.90. The summed E-state index contributed by atoms with van der Waals surface area (Å²) in [4.78, 5) is 22.0. The largest absolute Gasteiger partial charge is 0.449 e. The van der Waals surface area contributed by atoms with E-state index in [1.165, 1.54) is 26.0 Å². The normalized spacial score (nSPS) is 10.9. The molecule has 0 fully saturated rings. The van der Waals surface area contributed by atoms with E-state index in [1.54, 1.807) is 4.72 Å². The number of carbonyl (C=O) groups excluding carboxylic acids is 2. The van der Waals surface area contributed by atoms with Gasteiger partial charge in [-0.05, 0) is 32.0 Å². The molecule has 0 saturated carbocycles. The summed E-state index contributed by atoms with van der Waals surface area (Å²) in [6.07, 6.45) is -1.10. The maximum Gasteiger partial charge on any atom is 0.421 e. The van der Waals surface area contributed by atoms with Gasteiger partial charge in [0, 0.05) is 5.56 Å². The van der Waals surface area contributed by atoms with Gasteiger partial charge in [0.05, 0.1) is 11.6 Å². The molecule has 0 aliphatic carbocycles. The summed E-state index contributed by atoms with van der Waals surface area (Å²) in [5, 5.41) is -0.0956. The highest BCUT2D eigenvalue weighted by Crippen LogP contribution is 2.22. The smallest absolute Gasteiger partial charge is 0.421 e. The molecule has 0 unspecified atom stereocenters. The summed E-state index contributed by atoms with van der Waals surface area (Å²) >= 11 is 5.76. The van der Waals surface area contributed by atoms with Gasteiger partial charge in [0.2, 0.25) is 0 Å². The van der Waals surface area contributed by atoms with Crippen LogP contribution in [0.15, 0.2) is 23.1 Å². The van der Waals surface area contributed by atoms with Crippen molar-refractivity contribution < 1.29 is 22.7 Å². The maximum atomic E-state index is 11.9. The Labute approximate surface area is 115 Å². The van der Waals surface area contributed by atoms with E-state index < -0.39 is 16.1 Å². The van der Waals surface area contributed by atoms with Crippen molar-refractivity contribution >= 4 is 33.5 Å². The lowest BCUT2D eigenvalue weighted by molar-refractivity contribution is 0.101. The number of benzene rings is 1. The van der Waals surface area contributed by atoms with Crippen LogP contribution in [0, 0.1) is 0 Å². The van der Waals surface area contributed by atoms with Crippen LogP contribution in [0.4, 0.5) is 4.79 Å². The summed E-state index contributed by atoms with van der Waals surface area (Å²) in [5.41, 5.74) is 0.175. The molecule has 0 aromatic heterocycles. The highest BCUT2D eigenvalue weighted by atomic mass is 35.5. The number of hydrogen-bond acceptors (Lipinski definition) is 5. The molecule has 6 nitrogen and oxygen atoms in total. The zero-order chi connectivity index (χ0) is 14.6. The van der Waals surface area contributed by atoms with Crippen LogP contribution in [-0.2, 0) is 14.8 Å². The average Bonchev–Trinajstić information content (AvgIpc) is 2.28. The number of carbonyl (C=O) groups is 2. The maximum absolute atomic E-state index is 11.9. The first-order chi connectivity index (χ1) is 8.77. The predicted molar refractivity (Wildman–Crippen MR) is 68.8 cm³/mol. The fourth-order valence-corrected chi connectivity index (χ4v) is 2.67. The second-order valence-electron chi connectivity index (χ2n) is 3.53. The Balaban J connectivity index is 3.17. The zero-order valence-electron chi connectivity index (χ0n) is 10.3. The van der Waals surface area contributed by atoms with Crippen LogP contribution in [0.25, 0.3) is 0 Å². The molecule has 0 aliphatic rings. The third-order valence-corrected chi connectivity index (χ3v) is 3.91. The Morgan fingerprint density at radius 1 is 1.37 bits per heavy atom. The van der Waals surface area contributed by atoms with Gasteiger partial charge in [-0.1, -0.05) is 11.6 Å².